The Hall–Kier alpha value is -1.06. The van der Waals surface area contributed by atoms with E-state index in [4.69, 9.17) is 17.3 Å². The lowest BCUT2D eigenvalue weighted by atomic mass is 9.92. The molecule has 0 fully saturated rings. The molecule has 0 heterocycles. The summed E-state index contributed by atoms with van der Waals surface area (Å²) in [6.45, 7) is 5.90. The van der Waals surface area contributed by atoms with Gasteiger partial charge in [0.1, 0.15) is 0 Å². The molecule has 0 aliphatic carbocycles. The fraction of sp³-hybridized carbons (Fsp3) is 0.462. The molecule has 0 saturated heterocycles. The standard InChI is InChI=1S/C13H19ClN2O/c1-9(10-5-4-6-11(14)7-10)16-12(17)13(2,3)8-15/h4-7,9H,8,15H2,1-3H3,(H,16,17)/t9-/m1/s1. The normalized spacial score (nSPS) is 13.2. The van der Waals surface area contributed by atoms with E-state index < -0.39 is 5.41 Å². The minimum Gasteiger partial charge on any atom is -0.349 e. The summed E-state index contributed by atoms with van der Waals surface area (Å²) in [6.07, 6.45) is 0. The summed E-state index contributed by atoms with van der Waals surface area (Å²) < 4.78 is 0. The third-order valence-corrected chi connectivity index (χ3v) is 3.06. The van der Waals surface area contributed by atoms with Gasteiger partial charge in [-0.15, -0.1) is 0 Å². The van der Waals surface area contributed by atoms with E-state index >= 15 is 0 Å². The lowest BCUT2D eigenvalue weighted by Gasteiger charge is -2.24. The molecule has 1 atom stereocenters. The number of carbonyl (C=O) groups excluding carboxylic acids is 1. The van der Waals surface area contributed by atoms with Crippen molar-refractivity contribution in [2.24, 2.45) is 11.1 Å². The van der Waals surface area contributed by atoms with Crippen LogP contribution in [-0.4, -0.2) is 12.5 Å². The summed E-state index contributed by atoms with van der Waals surface area (Å²) in [7, 11) is 0. The first-order chi connectivity index (χ1) is 7.86. The van der Waals surface area contributed by atoms with Crippen LogP contribution in [0.25, 0.3) is 0 Å². The van der Waals surface area contributed by atoms with E-state index in [1.165, 1.54) is 0 Å². The van der Waals surface area contributed by atoms with E-state index in [0.29, 0.717) is 11.6 Å². The third kappa shape index (κ3) is 3.72. The van der Waals surface area contributed by atoms with Gasteiger partial charge in [0.2, 0.25) is 5.91 Å². The highest BCUT2D eigenvalue weighted by molar-refractivity contribution is 6.30. The molecule has 1 amide bonds. The highest BCUT2D eigenvalue weighted by Crippen LogP contribution is 2.20. The number of nitrogens with two attached hydrogens (primary N) is 1. The Kier molecular flexibility index (Phi) is 4.54. The average molecular weight is 255 g/mol. The van der Waals surface area contributed by atoms with Crippen LogP contribution in [0.15, 0.2) is 24.3 Å². The van der Waals surface area contributed by atoms with Crippen molar-refractivity contribution >= 4 is 17.5 Å². The average Bonchev–Trinajstić information content (AvgIpc) is 2.28. The van der Waals surface area contributed by atoms with Crippen LogP contribution < -0.4 is 11.1 Å². The van der Waals surface area contributed by atoms with Crippen molar-refractivity contribution in [2.75, 3.05) is 6.54 Å². The minimum atomic E-state index is -0.549. The Morgan fingerprint density at radius 3 is 2.71 bits per heavy atom. The summed E-state index contributed by atoms with van der Waals surface area (Å²) in [5.41, 5.74) is 6.00. The van der Waals surface area contributed by atoms with Gasteiger partial charge in [0.15, 0.2) is 0 Å². The number of nitrogens with one attached hydrogen (secondary N) is 1. The highest BCUT2D eigenvalue weighted by atomic mass is 35.5. The number of hydrogen-bond acceptors (Lipinski definition) is 2. The molecule has 0 bridgehead atoms. The molecule has 17 heavy (non-hydrogen) atoms. The number of carbonyl (C=O) groups is 1. The number of hydrogen-bond donors (Lipinski definition) is 2. The second kappa shape index (κ2) is 5.52. The Labute approximate surface area is 107 Å². The number of benzene rings is 1. The van der Waals surface area contributed by atoms with E-state index in [0.717, 1.165) is 5.56 Å². The maximum atomic E-state index is 11.9. The molecule has 1 rings (SSSR count). The fourth-order valence-corrected chi connectivity index (χ4v) is 1.54. The van der Waals surface area contributed by atoms with Crippen LogP contribution in [0.2, 0.25) is 5.02 Å². The molecule has 1 aromatic rings. The van der Waals surface area contributed by atoms with E-state index in [-0.39, 0.29) is 11.9 Å². The summed E-state index contributed by atoms with van der Waals surface area (Å²) in [6, 6.07) is 7.39. The van der Waals surface area contributed by atoms with E-state index in [9.17, 15) is 4.79 Å². The molecule has 0 spiro atoms. The van der Waals surface area contributed by atoms with Gasteiger partial charge < -0.3 is 11.1 Å². The van der Waals surface area contributed by atoms with Crippen LogP contribution in [0, 0.1) is 5.41 Å². The van der Waals surface area contributed by atoms with Crippen molar-refractivity contribution in [3.05, 3.63) is 34.9 Å². The zero-order valence-electron chi connectivity index (χ0n) is 10.5. The van der Waals surface area contributed by atoms with Gasteiger partial charge in [-0.25, -0.2) is 0 Å². The van der Waals surface area contributed by atoms with Crippen molar-refractivity contribution in [3.8, 4) is 0 Å². The first-order valence-corrected chi connectivity index (χ1v) is 6.01. The fourth-order valence-electron chi connectivity index (χ4n) is 1.34. The zero-order chi connectivity index (χ0) is 13.1. The maximum Gasteiger partial charge on any atom is 0.227 e. The topological polar surface area (TPSA) is 55.1 Å². The van der Waals surface area contributed by atoms with Crippen molar-refractivity contribution in [1.82, 2.24) is 5.32 Å². The molecule has 0 aliphatic rings. The predicted octanol–water partition coefficient (Wildman–Crippen LogP) is 2.50. The van der Waals surface area contributed by atoms with Gasteiger partial charge in [-0.05, 0) is 38.5 Å². The van der Waals surface area contributed by atoms with Crippen molar-refractivity contribution in [1.29, 1.82) is 0 Å². The maximum absolute atomic E-state index is 11.9. The van der Waals surface area contributed by atoms with Gasteiger partial charge in [-0.3, -0.25) is 4.79 Å². The van der Waals surface area contributed by atoms with Crippen LogP contribution >= 0.6 is 11.6 Å². The van der Waals surface area contributed by atoms with Crippen molar-refractivity contribution in [2.45, 2.75) is 26.8 Å². The third-order valence-electron chi connectivity index (χ3n) is 2.82. The van der Waals surface area contributed by atoms with Crippen molar-refractivity contribution in [3.63, 3.8) is 0 Å². The van der Waals surface area contributed by atoms with Gasteiger partial charge in [-0.1, -0.05) is 23.7 Å². The van der Waals surface area contributed by atoms with Crippen LogP contribution in [0.1, 0.15) is 32.4 Å². The molecule has 0 radical (unpaired) electrons. The van der Waals surface area contributed by atoms with Crippen LogP contribution in [0.5, 0.6) is 0 Å². The van der Waals surface area contributed by atoms with Gasteiger partial charge in [0, 0.05) is 11.6 Å². The Bertz CT molecular complexity index is 404. The van der Waals surface area contributed by atoms with Crippen LogP contribution in [0.3, 0.4) is 0 Å². The first-order valence-electron chi connectivity index (χ1n) is 5.63. The molecule has 4 heteroatoms. The molecule has 1 aromatic carbocycles. The summed E-state index contributed by atoms with van der Waals surface area (Å²) >= 11 is 5.91. The largest absolute Gasteiger partial charge is 0.349 e. The van der Waals surface area contributed by atoms with Crippen LogP contribution in [-0.2, 0) is 4.79 Å². The number of halogens is 1. The molecule has 0 unspecified atom stereocenters. The van der Waals surface area contributed by atoms with E-state index in [1.807, 2.05) is 45.0 Å². The Balaban J connectivity index is 2.73. The molecule has 3 N–H and O–H groups in total. The zero-order valence-corrected chi connectivity index (χ0v) is 11.2. The van der Waals surface area contributed by atoms with Gasteiger partial charge >= 0.3 is 0 Å². The van der Waals surface area contributed by atoms with Gasteiger partial charge in [0.25, 0.3) is 0 Å². The second-order valence-corrected chi connectivity index (χ2v) is 5.27. The predicted molar refractivity (Wildman–Crippen MR) is 70.8 cm³/mol. The van der Waals surface area contributed by atoms with Crippen LogP contribution in [0.4, 0.5) is 0 Å². The van der Waals surface area contributed by atoms with Crippen molar-refractivity contribution < 1.29 is 4.79 Å². The smallest absolute Gasteiger partial charge is 0.227 e. The SMILES string of the molecule is C[C@@H](NC(=O)C(C)(C)CN)c1cccc(Cl)c1. The summed E-state index contributed by atoms with van der Waals surface area (Å²) in [5, 5.41) is 3.61. The molecule has 0 aromatic heterocycles. The first kappa shape index (κ1) is 14.0. The molecular weight excluding hydrogens is 236 g/mol. The van der Waals surface area contributed by atoms with Gasteiger partial charge in [0.05, 0.1) is 11.5 Å². The minimum absolute atomic E-state index is 0.0486. The van der Waals surface area contributed by atoms with E-state index in [2.05, 4.69) is 5.32 Å². The molecule has 3 nitrogen and oxygen atoms in total. The van der Waals surface area contributed by atoms with Gasteiger partial charge in [-0.2, -0.15) is 0 Å². The molecule has 94 valence electrons. The highest BCUT2D eigenvalue weighted by Gasteiger charge is 2.26. The molecule has 0 saturated carbocycles. The lowest BCUT2D eigenvalue weighted by Crippen LogP contribution is -2.42. The summed E-state index contributed by atoms with van der Waals surface area (Å²) in [4.78, 5) is 11.9. The molecular formula is C13H19ClN2O. The second-order valence-electron chi connectivity index (χ2n) is 4.84. The lowest BCUT2D eigenvalue weighted by molar-refractivity contribution is -0.129. The quantitative estimate of drug-likeness (QED) is 0.868. The number of amides is 1. The summed E-state index contributed by atoms with van der Waals surface area (Å²) in [5.74, 6) is -0.0486. The Morgan fingerprint density at radius 1 is 1.53 bits per heavy atom. The van der Waals surface area contributed by atoms with E-state index in [1.54, 1.807) is 0 Å². The Morgan fingerprint density at radius 2 is 2.18 bits per heavy atom. The monoisotopic (exact) mass is 254 g/mol. The molecule has 0 aliphatic heterocycles. The number of rotatable bonds is 4.